The molecular weight excluding hydrogens is 921 g/mol. The molecule has 13 aromatic carbocycles. The van der Waals surface area contributed by atoms with E-state index in [2.05, 4.69) is 271 Å². The molecule has 0 fully saturated rings. The van der Waals surface area contributed by atoms with Gasteiger partial charge in [0.15, 0.2) is 5.58 Å². The Balaban J connectivity index is 0.907. The van der Waals surface area contributed by atoms with Gasteiger partial charge in [-0.2, -0.15) is 0 Å². The highest BCUT2D eigenvalue weighted by Crippen LogP contribution is 2.67. The first-order chi connectivity index (χ1) is 37.7. The maximum Gasteiger partial charge on any atom is 0.159 e. The highest BCUT2D eigenvalue weighted by molar-refractivity contribution is 6.23. The van der Waals surface area contributed by atoms with E-state index in [4.69, 9.17) is 4.42 Å². The van der Waals surface area contributed by atoms with Crippen molar-refractivity contribution in [2.75, 3.05) is 10.2 Å². The summed E-state index contributed by atoms with van der Waals surface area (Å²) in [6.45, 7) is 0. The maximum absolute atomic E-state index is 6.63. The molecule has 1 aromatic heterocycles. The summed E-state index contributed by atoms with van der Waals surface area (Å²) in [4.78, 5) is 2.31. The molecule has 76 heavy (non-hydrogen) atoms. The summed E-state index contributed by atoms with van der Waals surface area (Å²) in [6, 6.07) is 100. The van der Waals surface area contributed by atoms with Crippen molar-refractivity contribution in [2.24, 2.45) is 0 Å². The second-order valence-electron chi connectivity index (χ2n) is 20.3. The molecule has 0 amide bonds. The third-order valence-electron chi connectivity index (χ3n) is 16.4. The van der Waals surface area contributed by atoms with E-state index in [0.717, 1.165) is 55.9 Å². The molecule has 0 saturated heterocycles. The van der Waals surface area contributed by atoms with Crippen LogP contribution in [-0.4, -0.2) is 0 Å². The number of furan rings is 1. The van der Waals surface area contributed by atoms with Crippen molar-refractivity contribution in [1.29, 1.82) is 0 Å². The number of hydrogen-bond donors (Lipinski definition) is 1. The molecule has 0 aliphatic heterocycles. The van der Waals surface area contributed by atoms with Gasteiger partial charge in [0.2, 0.25) is 0 Å². The molecule has 14 aromatic rings. The van der Waals surface area contributed by atoms with Gasteiger partial charge in [0, 0.05) is 33.5 Å². The zero-order valence-electron chi connectivity index (χ0n) is 41.3. The van der Waals surface area contributed by atoms with Crippen LogP contribution in [0.2, 0.25) is 0 Å². The number of hydrogen-bond acceptors (Lipinski definition) is 3. The van der Waals surface area contributed by atoms with Crippen LogP contribution in [0.3, 0.4) is 0 Å². The Morgan fingerprint density at radius 3 is 1.62 bits per heavy atom. The summed E-state index contributed by atoms with van der Waals surface area (Å²) >= 11 is 0. The first-order valence-electron chi connectivity index (χ1n) is 26.2. The minimum atomic E-state index is -0.589. The van der Waals surface area contributed by atoms with Gasteiger partial charge < -0.3 is 14.6 Å². The average molecular weight is 967 g/mol. The van der Waals surface area contributed by atoms with E-state index in [9.17, 15) is 0 Å². The Kier molecular flexibility index (Phi) is 9.25. The van der Waals surface area contributed by atoms with Gasteiger partial charge in [-0.05, 0) is 172 Å². The fraction of sp³-hybridized carbons (Fsp3) is 0.0137. The molecular formula is C73H46N2O. The molecule has 16 rings (SSSR count). The molecule has 3 heteroatoms. The van der Waals surface area contributed by atoms with Gasteiger partial charge in [0.05, 0.1) is 11.1 Å². The largest absolute Gasteiger partial charge is 0.454 e. The highest BCUT2D eigenvalue weighted by Gasteiger charge is 2.54. The molecule has 1 spiro atoms. The van der Waals surface area contributed by atoms with Crippen LogP contribution >= 0.6 is 0 Å². The lowest BCUT2D eigenvalue weighted by Gasteiger charge is -2.33. The van der Waals surface area contributed by atoms with E-state index in [0.29, 0.717) is 0 Å². The van der Waals surface area contributed by atoms with E-state index >= 15 is 0 Å². The van der Waals surface area contributed by atoms with E-state index in [1.54, 1.807) is 0 Å². The van der Waals surface area contributed by atoms with Crippen LogP contribution in [0.1, 0.15) is 22.3 Å². The normalized spacial score (nSPS) is 12.8. The van der Waals surface area contributed by atoms with E-state index in [-0.39, 0.29) is 0 Å². The number of fused-ring (bicyclic) bond motifs is 20. The maximum atomic E-state index is 6.63. The predicted molar refractivity (Wildman–Crippen MR) is 318 cm³/mol. The van der Waals surface area contributed by atoms with Gasteiger partial charge in [-0.25, -0.2) is 0 Å². The topological polar surface area (TPSA) is 28.4 Å². The number of benzene rings is 13. The quantitative estimate of drug-likeness (QED) is 0.161. The van der Waals surface area contributed by atoms with E-state index in [1.807, 2.05) is 12.1 Å². The van der Waals surface area contributed by atoms with Gasteiger partial charge in [0.25, 0.3) is 0 Å². The molecule has 0 saturated carbocycles. The summed E-state index contributed by atoms with van der Waals surface area (Å²) in [5, 5.41) is 13.4. The van der Waals surface area contributed by atoms with Crippen LogP contribution in [0.4, 0.5) is 28.4 Å². The average Bonchev–Trinajstić information content (AvgIpc) is 4.34. The monoisotopic (exact) mass is 966 g/mol. The predicted octanol–water partition coefficient (Wildman–Crippen LogP) is 19.9. The van der Waals surface area contributed by atoms with E-state index in [1.165, 1.54) is 93.5 Å². The van der Waals surface area contributed by atoms with Crippen molar-refractivity contribution in [3.63, 3.8) is 0 Å². The van der Waals surface area contributed by atoms with Crippen LogP contribution in [0.15, 0.2) is 277 Å². The molecule has 0 unspecified atom stereocenters. The number of anilines is 5. The molecule has 0 bridgehead atoms. The van der Waals surface area contributed by atoms with Crippen molar-refractivity contribution in [1.82, 2.24) is 0 Å². The molecule has 3 nitrogen and oxygen atoms in total. The van der Waals surface area contributed by atoms with Crippen molar-refractivity contribution in [2.45, 2.75) is 5.41 Å². The van der Waals surface area contributed by atoms with Gasteiger partial charge >= 0.3 is 0 Å². The molecule has 1 N–H and O–H groups in total. The lowest BCUT2D eigenvalue weighted by Crippen LogP contribution is -2.26. The molecule has 2 aliphatic rings. The third-order valence-corrected chi connectivity index (χ3v) is 16.4. The Labute approximate surface area is 440 Å². The minimum absolute atomic E-state index is 0.589. The van der Waals surface area contributed by atoms with E-state index < -0.39 is 5.41 Å². The van der Waals surface area contributed by atoms with Crippen LogP contribution in [0, 0.1) is 0 Å². The van der Waals surface area contributed by atoms with Gasteiger partial charge in [0.1, 0.15) is 5.58 Å². The second-order valence-corrected chi connectivity index (χ2v) is 20.3. The molecule has 0 atom stereocenters. The lowest BCUT2D eigenvalue weighted by molar-refractivity contribution is 0.669. The highest BCUT2D eigenvalue weighted by atomic mass is 16.3. The van der Waals surface area contributed by atoms with Gasteiger partial charge in [-0.15, -0.1) is 0 Å². The molecule has 354 valence electrons. The SMILES string of the molecule is c1ccc(Nc2ccc(-c3cc4c(c5ccccc35)C3(c5ccccc5-c5ccccc53)c3c-4c4ccccc4c4cc(-c5ccc(N(c6ccccc6)c6cccc7c6oc6ccccc67)cc5)ccc34)cc2)cc1. The lowest BCUT2D eigenvalue weighted by atomic mass is 9.68. The van der Waals surface area contributed by atoms with Crippen LogP contribution in [0.25, 0.3) is 98.8 Å². The van der Waals surface area contributed by atoms with Crippen molar-refractivity contribution >= 4 is 82.7 Å². The molecule has 1 heterocycles. The minimum Gasteiger partial charge on any atom is -0.454 e. The second kappa shape index (κ2) is 16.5. The number of rotatable bonds is 7. The van der Waals surface area contributed by atoms with Crippen LogP contribution < -0.4 is 10.2 Å². The first-order valence-corrected chi connectivity index (χ1v) is 26.2. The summed E-state index contributed by atoms with van der Waals surface area (Å²) in [6.07, 6.45) is 0. The number of nitrogens with zero attached hydrogens (tertiary/aromatic N) is 1. The molecule has 0 radical (unpaired) electrons. The Hall–Kier alpha value is -9.96. The van der Waals surface area contributed by atoms with Crippen LogP contribution in [0.5, 0.6) is 0 Å². The Bertz CT molecular complexity index is 4600. The number of para-hydroxylation sites is 4. The Morgan fingerprint density at radius 1 is 0.316 bits per heavy atom. The van der Waals surface area contributed by atoms with Gasteiger partial charge in [-0.1, -0.05) is 200 Å². The standard InChI is InChI=1S/C73H46N2O/c1-3-18-49(19-4-1)74-50-39-34-47(35-40-50)62-45-64-69-58-27-9-7-22-53(58)63-44-48(46-36-41-52(42-37-46)75(51-20-5-2-6-21-51)67-32-17-29-61-57-26-13-16-33-68(57)76-72(61)67)38-43-60(63)71(69)73(70(64)59-28-10-8-23-54(59)62)65-30-14-11-24-55(65)56-25-12-15-31-66(56)73/h1-45,74H. The van der Waals surface area contributed by atoms with Crippen LogP contribution in [-0.2, 0) is 5.41 Å². The Morgan fingerprint density at radius 2 is 0.868 bits per heavy atom. The van der Waals surface area contributed by atoms with Gasteiger partial charge in [-0.3, -0.25) is 0 Å². The fourth-order valence-electron chi connectivity index (χ4n) is 13.3. The summed E-state index contributed by atoms with van der Waals surface area (Å²) < 4.78 is 6.63. The zero-order valence-corrected chi connectivity index (χ0v) is 41.3. The zero-order chi connectivity index (χ0) is 49.9. The molecule has 2 aliphatic carbocycles. The fourth-order valence-corrected chi connectivity index (χ4v) is 13.3. The summed E-state index contributed by atoms with van der Waals surface area (Å²) in [5.41, 5.74) is 21.7. The van der Waals surface area contributed by atoms with Crippen molar-refractivity contribution in [3.05, 3.63) is 295 Å². The summed E-state index contributed by atoms with van der Waals surface area (Å²) in [5.74, 6) is 0. The van der Waals surface area contributed by atoms with Crippen molar-refractivity contribution < 1.29 is 4.42 Å². The smallest absolute Gasteiger partial charge is 0.159 e. The summed E-state index contributed by atoms with van der Waals surface area (Å²) in [7, 11) is 0. The third kappa shape index (κ3) is 6.11. The number of nitrogens with one attached hydrogen (secondary N) is 1. The van der Waals surface area contributed by atoms with Crippen molar-refractivity contribution in [3.8, 4) is 44.5 Å². The first kappa shape index (κ1) is 42.5.